The highest BCUT2D eigenvalue weighted by Crippen LogP contribution is 2.29. The average Bonchev–Trinajstić information content (AvgIpc) is 3.42. The van der Waals surface area contributed by atoms with Crippen molar-refractivity contribution in [1.29, 1.82) is 0 Å². The van der Waals surface area contributed by atoms with Crippen LogP contribution in [-0.2, 0) is 4.79 Å². The molecule has 28 heavy (non-hydrogen) atoms. The number of rotatable bonds is 5. The lowest BCUT2D eigenvalue weighted by atomic mass is 10.1. The van der Waals surface area contributed by atoms with Gasteiger partial charge in [0, 0.05) is 17.0 Å². The zero-order valence-corrected chi connectivity index (χ0v) is 16.2. The Balaban J connectivity index is 1.61. The zero-order chi connectivity index (χ0) is 19.1. The molecule has 0 spiro atoms. The summed E-state index contributed by atoms with van der Waals surface area (Å²) in [6.07, 6.45) is 2.16. The molecule has 1 aliphatic rings. The smallest absolute Gasteiger partial charge is 0.230 e. The van der Waals surface area contributed by atoms with Crippen LogP contribution in [0.15, 0.2) is 53.7 Å². The van der Waals surface area contributed by atoms with Crippen LogP contribution in [0.5, 0.6) is 0 Å². The fourth-order valence-corrected chi connectivity index (χ4v) is 3.92. The number of carbonyl (C=O) groups is 1. The molecule has 0 bridgehead atoms. The summed E-state index contributed by atoms with van der Waals surface area (Å²) in [6, 6.07) is 16.5. The highest BCUT2D eigenvalue weighted by atomic mass is 32.2. The Kier molecular flexibility index (Phi) is 4.24. The van der Waals surface area contributed by atoms with Gasteiger partial charge in [0.2, 0.25) is 5.91 Å². The molecule has 4 aromatic rings. The number of aryl methyl sites for hydroxylation is 1. The molecule has 1 saturated carbocycles. The number of hydrogen-bond acceptors (Lipinski definition) is 5. The van der Waals surface area contributed by atoms with Crippen LogP contribution in [0.2, 0.25) is 0 Å². The number of benzene rings is 2. The Hall–Kier alpha value is -2.93. The number of fused-ring (bicyclic) bond motifs is 3. The van der Waals surface area contributed by atoms with Crippen molar-refractivity contribution in [2.24, 2.45) is 0 Å². The number of nitrogens with zero attached hydrogens (tertiary/aromatic N) is 4. The molecule has 0 radical (unpaired) electrons. The van der Waals surface area contributed by atoms with Crippen LogP contribution >= 0.6 is 11.8 Å². The van der Waals surface area contributed by atoms with Gasteiger partial charge in [0.1, 0.15) is 5.82 Å². The summed E-state index contributed by atoms with van der Waals surface area (Å²) in [6.45, 7) is 2.06. The first-order valence-electron chi connectivity index (χ1n) is 9.32. The third-order valence-electron chi connectivity index (χ3n) is 4.80. The van der Waals surface area contributed by atoms with Crippen molar-refractivity contribution in [2.75, 3.05) is 5.75 Å². The Bertz CT molecular complexity index is 1180. The van der Waals surface area contributed by atoms with Crippen LogP contribution in [0.3, 0.4) is 0 Å². The van der Waals surface area contributed by atoms with Gasteiger partial charge < -0.3 is 5.32 Å². The molecule has 2 aromatic carbocycles. The molecule has 2 heterocycles. The van der Waals surface area contributed by atoms with Crippen LogP contribution in [0.4, 0.5) is 0 Å². The molecule has 0 aliphatic heterocycles. The maximum absolute atomic E-state index is 12.1. The Morgan fingerprint density at radius 3 is 2.71 bits per heavy atom. The minimum Gasteiger partial charge on any atom is -0.353 e. The molecule has 0 unspecified atom stereocenters. The van der Waals surface area contributed by atoms with E-state index in [9.17, 15) is 4.79 Å². The molecular formula is C21H19N5OS. The van der Waals surface area contributed by atoms with Gasteiger partial charge in [-0.1, -0.05) is 53.7 Å². The molecule has 1 fully saturated rings. The van der Waals surface area contributed by atoms with Gasteiger partial charge in [-0.05, 0) is 31.9 Å². The van der Waals surface area contributed by atoms with Crippen LogP contribution in [-0.4, -0.2) is 37.3 Å². The second kappa shape index (κ2) is 6.91. The summed E-state index contributed by atoms with van der Waals surface area (Å²) in [4.78, 5) is 17.0. The normalized spacial score (nSPS) is 13.9. The second-order valence-corrected chi connectivity index (χ2v) is 8.03. The van der Waals surface area contributed by atoms with Crippen molar-refractivity contribution >= 4 is 34.2 Å². The number of nitrogens with one attached hydrogen (secondary N) is 1. The number of amides is 1. The minimum atomic E-state index is 0.0369. The summed E-state index contributed by atoms with van der Waals surface area (Å²) in [5, 5.41) is 13.4. The quantitative estimate of drug-likeness (QED) is 0.528. The second-order valence-electron chi connectivity index (χ2n) is 7.09. The Morgan fingerprint density at radius 2 is 1.93 bits per heavy atom. The van der Waals surface area contributed by atoms with E-state index in [1.54, 1.807) is 0 Å². The van der Waals surface area contributed by atoms with Crippen molar-refractivity contribution in [3.63, 3.8) is 0 Å². The molecule has 5 rings (SSSR count). The molecule has 0 saturated heterocycles. The van der Waals surface area contributed by atoms with E-state index < -0.39 is 0 Å². The summed E-state index contributed by atoms with van der Waals surface area (Å²) in [5.74, 6) is 1.14. The van der Waals surface area contributed by atoms with Crippen molar-refractivity contribution < 1.29 is 4.79 Å². The van der Waals surface area contributed by atoms with Gasteiger partial charge in [-0.2, -0.15) is 0 Å². The number of carbonyl (C=O) groups excluding carboxylic acids is 1. The molecule has 140 valence electrons. The average molecular weight is 389 g/mol. The molecule has 7 heteroatoms. The Labute approximate surface area is 166 Å². The van der Waals surface area contributed by atoms with E-state index in [4.69, 9.17) is 4.98 Å². The van der Waals surface area contributed by atoms with E-state index in [-0.39, 0.29) is 5.91 Å². The van der Waals surface area contributed by atoms with Gasteiger partial charge in [0.05, 0.1) is 11.3 Å². The fourth-order valence-electron chi connectivity index (χ4n) is 3.18. The number of aromatic nitrogens is 4. The highest BCUT2D eigenvalue weighted by Gasteiger charge is 2.24. The highest BCUT2D eigenvalue weighted by molar-refractivity contribution is 7.99. The SMILES string of the molecule is Cc1ccc(-c2nc3ccccc3c3nnc(SCC(=O)NC4CC4)n23)cc1. The summed E-state index contributed by atoms with van der Waals surface area (Å²) in [7, 11) is 0. The van der Waals surface area contributed by atoms with Crippen molar-refractivity contribution in [2.45, 2.75) is 31.0 Å². The van der Waals surface area contributed by atoms with Crippen molar-refractivity contribution in [1.82, 2.24) is 24.9 Å². The van der Waals surface area contributed by atoms with E-state index in [2.05, 4.69) is 46.7 Å². The standard InChI is InChI=1S/C21H19N5OS/c1-13-6-8-14(9-7-13)19-23-17-5-3-2-4-16(17)20-24-25-21(26(19)20)28-12-18(27)22-15-10-11-15/h2-9,15H,10-12H2,1H3,(H,22,27). The molecular weight excluding hydrogens is 370 g/mol. The summed E-state index contributed by atoms with van der Waals surface area (Å²) in [5.41, 5.74) is 3.81. The molecule has 6 nitrogen and oxygen atoms in total. The van der Waals surface area contributed by atoms with Crippen molar-refractivity contribution in [3.8, 4) is 11.4 Å². The fraction of sp³-hybridized carbons (Fsp3) is 0.238. The van der Waals surface area contributed by atoms with Crippen LogP contribution in [0, 0.1) is 6.92 Å². The van der Waals surface area contributed by atoms with Gasteiger partial charge in [-0.3, -0.25) is 9.20 Å². The number of hydrogen-bond donors (Lipinski definition) is 1. The van der Waals surface area contributed by atoms with Gasteiger partial charge in [0.15, 0.2) is 10.8 Å². The summed E-state index contributed by atoms with van der Waals surface area (Å²) < 4.78 is 1.96. The molecule has 2 aromatic heterocycles. The molecule has 1 aliphatic carbocycles. The summed E-state index contributed by atoms with van der Waals surface area (Å²) >= 11 is 1.39. The van der Waals surface area contributed by atoms with Crippen molar-refractivity contribution in [3.05, 3.63) is 54.1 Å². The van der Waals surface area contributed by atoms with E-state index in [0.29, 0.717) is 17.0 Å². The third-order valence-corrected chi connectivity index (χ3v) is 5.73. The lowest BCUT2D eigenvalue weighted by Gasteiger charge is -2.10. The van der Waals surface area contributed by atoms with Gasteiger partial charge in [0.25, 0.3) is 0 Å². The maximum Gasteiger partial charge on any atom is 0.230 e. The number of para-hydroxylation sites is 1. The predicted molar refractivity (Wildman–Crippen MR) is 110 cm³/mol. The predicted octanol–water partition coefficient (Wildman–Crippen LogP) is 3.62. The van der Waals surface area contributed by atoms with Crippen LogP contribution in [0.25, 0.3) is 27.9 Å². The van der Waals surface area contributed by atoms with Crippen LogP contribution < -0.4 is 5.32 Å². The van der Waals surface area contributed by atoms with Crippen LogP contribution in [0.1, 0.15) is 18.4 Å². The van der Waals surface area contributed by atoms with Gasteiger partial charge in [-0.15, -0.1) is 10.2 Å². The van der Waals surface area contributed by atoms with E-state index in [0.717, 1.165) is 40.8 Å². The van der Waals surface area contributed by atoms with Gasteiger partial charge in [-0.25, -0.2) is 4.98 Å². The first-order chi connectivity index (χ1) is 13.7. The van der Waals surface area contributed by atoms with E-state index >= 15 is 0 Å². The number of thioether (sulfide) groups is 1. The Morgan fingerprint density at radius 1 is 1.14 bits per heavy atom. The van der Waals surface area contributed by atoms with E-state index in [1.165, 1.54) is 17.3 Å². The van der Waals surface area contributed by atoms with E-state index in [1.807, 2.05) is 28.7 Å². The zero-order valence-electron chi connectivity index (χ0n) is 15.4. The topological polar surface area (TPSA) is 72.2 Å². The molecule has 1 N–H and O–H groups in total. The largest absolute Gasteiger partial charge is 0.353 e. The molecule has 0 atom stereocenters. The third kappa shape index (κ3) is 3.22. The van der Waals surface area contributed by atoms with Gasteiger partial charge >= 0.3 is 0 Å². The molecule has 1 amide bonds. The minimum absolute atomic E-state index is 0.0369. The maximum atomic E-state index is 12.1. The lowest BCUT2D eigenvalue weighted by molar-refractivity contribution is -0.118. The monoisotopic (exact) mass is 389 g/mol. The first kappa shape index (κ1) is 17.2. The first-order valence-corrected chi connectivity index (χ1v) is 10.3. The lowest BCUT2D eigenvalue weighted by Crippen LogP contribution is -2.27.